The molecule has 21 heavy (non-hydrogen) atoms. The Hall–Kier alpha value is -1.80. The summed E-state index contributed by atoms with van der Waals surface area (Å²) >= 11 is 3.38. The second-order valence-electron chi connectivity index (χ2n) is 5.01. The minimum atomic E-state index is -0.313. The Labute approximate surface area is 132 Å². The Morgan fingerprint density at radius 1 is 1.48 bits per heavy atom. The average Bonchev–Trinajstić information content (AvgIpc) is 2.97. The van der Waals surface area contributed by atoms with Crippen LogP contribution in [0, 0.1) is 11.3 Å². The molecule has 1 aliphatic carbocycles. The predicted molar refractivity (Wildman–Crippen MR) is 84.7 cm³/mol. The number of nitrogens with one attached hydrogen (secondary N) is 1. The number of hydrogen-bond donors (Lipinski definition) is 1. The molecule has 0 saturated heterocycles. The third kappa shape index (κ3) is 4.08. The van der Waals surface area contributed by atoms with E-state index >= 15 is 0 Å². The van der Waals surface area contributed by atoms with Gasteiger partial charge >= 0.3 is 0 Å². The van der Waals surface area contributed by atoms with Crippen LogP contribution in [0.25, 0.3) is 6.08 Å². The van der Waals surface area contributed by atoms with Gasteiger partial charge in [0.15, 0.2) is 0 Å². The molecule has 4 nitrogen and oxygen atoms in total. The van der Waals surface area contributed by atoms with Crippen LogP contribution >= 0.6 is 15.9 Å². The van der Waals surface area contributed by atoms with E-state index in [2.05, 4.69) is 21.2 Å². The van der Waals surface area contributed by atoms with E-state index < -0.39 is 0 Å². The van der Waals surface area contributed by atoms with Crippen LogP contribution in [0.15, 0.2) is 28.2 Å². The molecule has 1 aromatic rings. The zero-order chi connectivity index (χ0) is 15.2. The van der Waals surface area contributed by atoms with Crippen LogP contribution in [-0.2, 0) is 4.79 Å². The van der Waals surface area contributed by atoms with E-state index in [9.17, 15) is 10.1 Å². The Bertz CT molecular complexity index is 599. The molecule has 0 atom stereocenters. The highest BCUT2D eigenvalue weighted by molar-refractivity contribution is 9.10. The normalized spacial score (nSPS) is 15.6. The van der Waals surface area contributed by atoms with Gasteiger partial charge in [-0.2, -0.15) is 5.26 Å². The lowest BCUT2D eigenvalue weighted by molar-refractivity contribution is -0.117. The standard InChI is InChI=1S/C16H17BrN2O2/c1-21-15-7-6-13(17)9-11(15)8-12(10-18)16(20)19-14-4-2-3-5-14/h6-9,14H,2-5H2,1H3,(H,19,20). The van der Waals surface area contributed by atoms with Crippen molar-refractivity contribution < 1.29 is 9.53 Å². The van der Waals surface area contributed by atoms with Gasteiger partial charge in [-0.15, -0.1) is 0 Å². The summed E-state index contributed by atoms with van der Waals surface area (Å²) in [6.07, 6.45) is 5.81. The number of nitriles is 1. The molecule has 1 saturated carbocycles. The Kier molecular flexibility index (Phi) is 5.40. The lowest BCUT2D eigenvalue weighted by Crippen LogP contribution is -2.33. The summed E-state index contributed by atoms with van der Waals surface area (Å²) in [5.74, 6) is 0.311. The molecule has 110 valence electrons. The summed E-state index contributed by atoms with van der Waals surface area (Å²) in [4.78, 5) is 12.2. The topological polar surface area (TPSA) is 62.1 Å². The highest BCUT2D eigenvalue weighted by Gasteiger charge is 2.19. The molecular formula is C16H17BrN2O2. The number of carbonyl (C=O) groups excluding carboxylic acids is 1. The minimum Gasteiger partial charge on any atom is -0.496 e. The first kappa shape index (κ1) is 15.6. The van der Waals surface area contributed by atoms with Crippen molar-refractivity contribution in [3.05, 3.63) is 33.8 Å². The number of hydrogen-bond acceptors (Lipinski definition) is 3. The largest absolute Gasteiger partial charge is 0.496 e. The van der Waals surface area contributed by atoms with Gasteiger partial charge in [0.2, 0.25) is 0 Å². The van der Waals surface area contributed by atoms with E-state index in [1.807, 2.05) is 18.2 Å². The van der Waals surface area contributed by atoms with Gasteiger partial charge in [-0.05, 0) is 37.1 Å². The van der Waals surface area contributed by atoms with Crippen LogP contribution in [0.1, 0.15) is 31.2 Å². The molecule has 1 amide bonds. The molecule has 1 aromatic carbocycles. The van der Waals surface area contributed by atoms with Crippen LogP contribution in [-0.4, -0.2) is 19.1 Å². The van der Waals surface area contributed by atoms with Crippen molar-refractivity contribution in [1.82, 2.24) is 5.32 Å². The number of carbonyl (C=O) groups is 1. The van der Waals surface area contributed by atoms with Crippen LogP contribution in [0.2, 0.25) is 0 Å². The van der Waals surface area contributed by atoms with Crippen molar-refractivity contribution in [3.63, 3.8) is 0 Å². The fourth-order valence-electron chi connectivity index (χ4n) is 2.46. The average molecular weight is 349 g/mol. The first-order valence-corrected chi connectivity index (χ1v) is 7.69. The molecule has 0 aromatic heterocycles. The summed E-state index contributed by atoms with van der Waals surface area (Å²) in [6.45, 7) is 0. The molecule has 0 radical (unpaired) electrons. The number of halogens is 1. The van der Waals surface area contributed by atoms with E-state index in [1.54, 1.807) is 19.3 Å². The van der Waals surface area contributed by atoms with Gasteiger partial charge in [0, 0.05) is 16.1 Å². The van der Waals surface area contributed by atoms with E-state index in [1.165, 1.54) is 0 Å². The Balaban J connectivity index is 2.21. The maximum Gasteiger partial charge on any atom is 0.262 e. The highest BCUT2D eigenvalue weighted by Crippen LogP contribution is 2.25. The highest BCUT2D eigenvalue weighted by atomic mass is 79.9. The minimum absolute atomic E-state index is 0.0956. The maximum atomic E-state index is 12.2. The van der Waals surface area contributed by atoms with Gasteiger partial charge in [-0.3, -0.25) is 4.79 Å². The summed E-state index contributed by atoms with van der Waals surface area (Å²) in [5.41, 5.74) is 0.795. The fourth-order valence-corrected chi connectivity index (χ4v) is 2.83. The van der Waals surface area contributed by atoms with Crippen LogP contribution in [0.5, 0.6) is 5.75 Å². The molecule has 1 fully saturated rings. The Morgan fingerprint density at radius 2 is 2.19 bits per heavy atom. The van der Waals surface area contributed by atoms with E-state index in [0.717, 1.165) is 30.2 Å². The molecule has 0 unspecified atom stereocenters. The number of amides is 1. The zero-order valence-electron chi connectivity index (χ0n) is 11.9. The summed E-state index contributed by atoms with van der Waals surface area (Å²) in [5, 5.41) is 12.2. The van der Waals surface area contributed by atoms with Gasteiger partial charge in [0.1, 0.15) is 17.4 Å². The van der Waals surface area contributed by atoms with Gasteiger partial charge < -0.3 is 10.1 Å². The molecule has 2 rings (SSSR count). The summed E-state index contributed by atoms with van der Waals surface area (Å²) in [7, 11) is 1.56. The molecule has 0 aliphatic heterocycles. The molecule has 0 spiro atoms. The van der Waals surface area contributed by atoms with Crippen molar-refractivity contribution in [2.75, 3.05) is 7.11 Å². The van der Waals surface area contributed by atoms with E-state index in [4.69, 9.17) is 4.74 Å². The number of benzene rings is 1. The SMILES string of the molecule is COc1ccc(Br)cc1C=C(C#N)C(=O)NC1CCCC1. The first-order valence-electron chi connectivity index (χ1n) is 6.90. The van der Waals surface area contributed by atoms with Crippen molar-refractivity contribution in [1.29, 1.82) is 5.26 Å². The number of nitrogens with zero attached hydrogens (tertiary/aromatic N) is 1. The van der Waals surface area contributed by atoms with Crippen LogP contribution in [0.3, 0.4) is 0 Å². The number of ether oxygens (including phenoxy) is 1. The fraction of sp³-hybridized carbons (Fsp3) is 0.375. The number of methoxy groups -OCH3 is 1. The molecule has 0 heterocycles. The van der Waals surface area contributed by atoms with E-state index in [-0.39, 0.29) is 17.5 Å². The quantitative estimate of drug-likeness (QED) is 0.669. The molecule has 1 N–H and O–H groups in total. The smallest absolute Gasteiger partial charge is 0.262 e. The first-order chi connectivity index (χ1) is 10.1. The second-order valence-corrected chi connectivity index (χ2v) is 5.93. The van der Waals surface area contributed by atoms with Gasteiger partial charge in [0.25, 0.3) is 5.91 Å². The third-order valence-electron chi connectivity index (χ3n) is 3.55. The maximum absolute atomic E-state index is 12.2. The molecule has 5 heteroatoms. The van der Waals surface area contributed by atoms with Crippen molar-refractivity contribution in [2.45, 2.75) is 31.7 Å². The third-order valence-corrected chi connectivity index (χ3v) is 4.04. The molecule has 0 bridgehead atoms. The van der Waals surface area contributed by atoms with E-state index in [0.29, 0.717) is 11.3 Å². The Morgan fingerprint density at radius 3 is 2.81 bits per heavy atom. The van der Waals surface area contributed by atoms with Crippen molar-refractivity contribution >= 4 is 27.9 Å². The lowest BCUT2D eigenvalue weighted by Gasteiger charge is -2.11. The molecule has 1 aliphatic rings. The zero-order valence-corrected chi connectivity index (χ0v) is 13.4. The van der Waals surface area contributed by atoms with Crippen LogP contribution in [0.4, 0.5) is 0 Å². The van der Waals surface area contributed by atoms with Gasteiger partial charge in [-0.1, -0.05) is 28.8 Å². The van der Waals surface area contributed by atoms with Crippen molar-refractivity contribution in [3.8, 4) is 11.8 Å². The van der Waals surface area contributed by atoms with Crippen molar-refractivity contribution in [2.24, 2.45) is 0 Å². The van der Waals surface area contributed by atoms with Gasteiger partial charge in [-0.25, -0.2) is 0 Å². The number of rotatable bonds is 4. The monoisotopic (exact) mass is 348 g/mol. The summed E-state index contributed by atoms with van der Waals surface area (Å²) in [6, 6.07) is 7.62. The molecular weight excluding hydrogens is 332 g/mol. The van der Waals surface area contributed by atoms with Gasteiger partial charge in [0.05, 0.1) is 7.11 Å². The van der Waals surface area contributed by atoms with Crippen LogP contribution < -0.4 is 10.1 Å². The lowest BCUT2D eigenvalue weighted by atomic mass is 10.1. The predicted octanol–water partition coefficient (Wildman–Crippen LogP) is 3.42. The summed E-state index contributed by atoms with van der Waals surface area (Å²) < 4.78 is 6.12. The second kappa shape index (κ2) is 7.28.